The van der Waals surface area contributed by atoms with Crippen molar-refractivity contribution >= 4 is 0 Å². The minimum absolute atomic E-state index is 0.163. The molecule has 0 radical (unpaired) electrons. The van der Waals surface area contributed by atoms with Crippen molar-refractivity contribution in [3.8, 4) is 67.5 Å². The van der Waals surface area contributed by atoms with E-state index in [-0.39, 0.29) is 22.4 Å². The summed E-state index contributed by atoms with van der Waals surface area (Å²) in [6.45, 7) is 45.3. The van der Waals surface area contributed by atoms with E-state index >= 15 is 0 Å². The van der Waals surface area contributed by atoms with Crippen molar-refractivity contribution in [1.82, 2.24) is 0 Å². The highest BCUT2D eigenvalue weighted by Crippen LogP contribution is 2.56. The Hall–Kier alpha value is -7.04. The van der Waals surface area contributed by atoms with Gasteiger partial charge in [0.05, 0.1) is 0 Å². The van der Waals surface area contributed by atoms with Crippen molar-refractivity contribution in [3.05, 3.63) is 212 Å². The van der Waals surface area contributed by atoms with Gasteiger partial charge in [-0.2, -0.15) is 0 Å². The average Bonchev–Trinajstić information content (AvgIpc) is 0.751. The zero-order chi connectivity index (χ0) is 84.8. The van der Waals surface area contributed by atoms with Gasteiger partial charge >= 0.3 is 0 Å². The molecular weight excluding hydrogens is 1430 g/mol. The van der Waals surface area contributed by atoms with Crippen LogP contribution in [0.3, 0.4) is 0 Å². The van der Waals surface area contributed by atoms with E-state index in [1.54, 1.807) is 0 Å². The molecule has 8 aromatic carbocycles. The molecule has 0 N–H and O–H groups in total. The molecule has 4 heteroatoms. The quantitative estimate of drug-likeness (QED) is 0.0357. The molecule has 0 bridgehead atoms. The number of unbranched alkanes of at least 4 members (excludes halogenated alkanes) is 18. The summed E-state index contributed by atoms with van der Waals surface area (Å²) in [5.74, 6) is 7.12. The second-order valence-corrected chi connectivity index (χ2v) is 38.3. The molecule has 0 fully saturated rings. The van der Waals surface area contributed by atoms with E-state index in [2.05, 4.69) is 284 Å². The van der Waals surface area contributed by atoms with Crippen LogP contribution in [-0.4, -0.2) is 0 Å². The zero-order valence-corrected chi connectivity index (χ0v) is 78.7. The van der Waals surface area contributed by atoms with Crippen LogP contribution in [0, 0.1) is 79.1 Å². The maximum atomic E-state index is 7.21. The van der Waals surface area contributed by atoms with Crippen LogP contribution in [0.5, 0.6) is 23.0 Å². The molecule has 118 heavy (non-hydrogen) atoms. The Morgan fingerprint density at radius 1 is 0.220 bits per heavy atom. The topological polar surface area (TPSA) is 36.9 Å². The molecule has 4 aliphatic rings. The summed E-state index contributed by atoms with van der Waals surface area (Å²) in [6, 6.07) is 54.9. The second-order valence-electron chi connectivity index (χ2n) is 38.3. The van der Waals surface area contributed by atoms with E-state index in [1.165, 1.54) is 304 Å². The van der Waals surface area contributed by atoms with Gasteiger partial charge in [0.25, 0.3) is 0 Å². The van der Waals surface area contributed by atoms with E-state index in [0.29, 0.717) is 23.7 Å². The van der Waals surface area contributed by atoms with Gasteiger partial charge in [-0.15, -0.1) is 0 Å². The van der Waals surface area contributed by atoms with Crippen LogP contribution in [0.1, 0.15) is 394 Å². The normalized spacial score (nSPS) is 15.6. The van der Waals surface area contributed by atoms with Gasteiger partial charge < -0.3 is 18.9 Å². The van der Waals surface area contributed by atoms with Gasteiger partial charge in [0.1, 0.15) is 45.4 Å². The predicted molar refractivity (Wildman–Crippen MR) is 512 cm³/mol. The summed E-state index contributed by atoms with van der Waals surface area (Å²) in [6.07, 6.45) is 47.9. The van der Waals surface area contributed by atoms with Crippen LogP contribution >= 0.6 is 0 Å². The smallest absolute Gasteiger partial charge is 0.135 e. The first kappa shape index (κ1) is 94.8. The summed E-state index contributed by atoms with van der Waals surface area (Å²) in [4.78, 5) is 0. The van der Waals surface area contributed by atoms with Crippen LogP contribution in [0.2, 0.25) is 0 Å². The first-order chi connectivity index (χ1) is 56.9. The molecule has 0 saturated heterocycles. The third kappa shape index (κ3) is 25.5. The van der Waals surface area contributed by atoms with Crippen molar-refractivity contribution in [3.63, 3.8) is 0 Å². The summed E-state index contributed by atoms with van der Waals surface area (Å²) in [5, 5.41) is 0. The summed E-state index contributed by atoms with van der Waals surface area (Å²) < 4.78 is 28.1. The van der Waals surface area contributed by atoms with Crippen molar-refractivity contribution in [2.75, 3.05) is 0 Å². The molecule has 644 valence electrons. The van der Waals surface area contributed by atoms with Gasteiger partial charge in [0.15, 0.2) is 0 Å². The summed E-state index contributed by atoms with van der Waals surface area (Å²) in [5.41, 5.74) is 26.0. The Labute approximate surface area is 722 Å². The summed E-state index contributed by atoms with van der Waals surface area (Å²) >= 11 is 0. The van der Waals surface area contributed by atoms with Crippen LogP contribution in [0.4, 0.5) is 0 Å². The van der Waals surface area contributed by atoms with Gasteiger partial charge in [-0.3, -0.25) is 0 Å². The van der Waals surface area contributed by atoms with Gasteiger partial charge in [0, 0.05) is 44.5 Å². The molecule has 0 aromatic heterocycles. The lowest BCUT2D eigenvalue weighted by Gasteiger charge is -2.44. The average molecular weight is 1600 g/mol. The number of aryl methyl sites for hydroxylation is 8. The molecule has 0 amide bonds. The lowest BCUT2D eigenvalue weighted by molar-refractivity contribution is 0.00695. The molecule has 8 aromatic rings. The minimum Gasteiger partial charge on any atom is -0.482 e. The van der Waals surface area contributed by atoms with Gasteiger partial charge in [0.2, 0.25) is 0 Å². The number of rotatable bonds is 42. The molecule has 0 saturated carbocycles. The van der Waals surface area contributed by atoms with E-state index < -0.39 is 0 Å². The molecule has 12 rings (SSSR count). The zero-order valence-electron chi connectivity index (χ0n) is 78.7. The SMILES string of the molecule is CCCCC(CC)CC1(CC(CC)CCCC)Oc2cc(C)ccc2-c2ccc(C)cc21.CCCCCCC1(CCCCCC)Oc2cc(C)ccc2-c2ccc(C)cc21.CCCCCCCCC1(CCCCCCCC)Oc2cc(C)ccc2-c2ccc(C)cc21.Cc1ccc2c(c1)OC(CCC(C)C)(CCC(C)C)c1cc(C)ccc1-2. The first-order valence-electron chi connectivity index (χ1n) is 48.6. The lowest BCUT2D eigenvalue weighted by atomic mass is 9.71. The number of hydrogen-bond donors (Lipinski definition) is 0. The lowest BCUT2D eigenvalue weighted by Crippen LogP contribution is -2.40. The third-order valence-electron chi connectivity index (χ3n) is 26.9. The molecule has 2 unspecified atom stereocenters. The fourth-order valence-electron chi connectivity index (χ4n) is 19.7. The van der Waals surface area contributed by atoms with E-state index in [4.69, 9.17) is 18.9 Å². The van der Waals surface area contributed by atoms with Crippen LogP contribution < -0.4 is 18.9 Å². The monoisotopic (exact) mass is 1600 g/mol. The predicted octanol–water partition coefficient (Wildman–Crippen LogP) is 35.8. The standard InChI is InChI=1S/2C31H46O.C27H38O.C25H34O/c1-7-11-13-25(9-3)21-31(22-26(10-4)14-12-8-2)29-19-23(5)15-17-27(29)28-18-16-24(6)20-30(28)32-31;1-5-7-9-11-13-15-21-31(22-16-14-12-10-8-6-2)29-23-25(3)17-19-27(29)28-20-18-26(4)24-30(28)32-31;1-5-7-9-11-17-27(18-12-10-8-6-2)25-19-21(3)13-15-23(25)24-16-14-22(4)20-26(24)28-27;1-17(2)11-13-25(14-12-18(3)4)23-15-19(5)7-9-21(23)22-10-8-20(6)16-24(22)26-25/h15-20,25-26H,7-14,21-22H2,1-6H3;17-20,23-24H,5-16,21-22H2,1-4H3;13-16,19-20H,5-12,17-18H2,1-4H3;7-10,15-18H,11-14H2,1-6H3. The van der Waals surface area contributed by atoms with Crippen molar-refractivity contribution in [2.45, 2.75) is 405 Å². The van der Waals surface area contributed by atoms with Gasteiger partial charge in [-0.05, 0) is 238 Å². The summed E-state index contributed by atoms with van der Waals surface area (Å²) in [7, 11) is 0. The molecule has 0 aliphatic carbocycles. The van der Waals surface area contributed by atoms with E-state index in [1.807, 2.05) is 0 Å². The van der Waals surface area contributed by atoms with Crippen molar-refractivity contribution in [1.29, 1.82) is 0 Å². The van der Waals surface area contributed by atoms with Crippen LogP contribution in [0.25, 0.3) is 44.5 Å². The minimum atomic E-state index is -0.217. The molecule has 0 spiro atoms. The number of hydrogen-bond acceptors (Lipinski definition) is 4. The first-order valence-corrected chi connectivity index (χ1v) is 48.6. The highest BCUT2D eigenvalue weighted by molar-refractivity contribution is 5.81. The number of fused-ring (bicyclic) bond motifs is 12. The fourth-order valence-corrected chi connectivity index (χ4v) is 19.7. The van der Waals surface area contributed by atoms with E-state index in [0.717, 1.165) is 74.4 Å². The van der Waals surface area contributed by atoms with Gasteiger partial charge in [-0.25, -0.2) is 0 Å². The molecular formula is C114H164O4. The van der Waals surface area contributed by atoms with Crippen LogP contribution in [0.15, 0.2) is 146 Å². The molecule has 2 atom stereocenters. The van der Waals surface area contributed by atoms with Gasteiger partial charge in [-0.1, -0.05) is 381 Å². The largest absolute Gasteiger partial charge is 0.482 e. The fraction of sp³-hybridized carbons (Fsp3) is 0.579. The Morgan fingerprint density at radius 3 is 0.686 bits per heavy atom. The highest BCUT2D eigenvalue weighted by Gasteiger charge is 2.46. The van der Waals surface area contributed by atoms with Crippen LogP contribution in [-0.2, 0) is 22.4 Å². The number of benzene rings is 8. The Morgan fingerprint density at radius 2 is 0.432 bits per heavy atom. The maximum absolute atomic E-state index is 7.21. The van der Waals surface area contributed by atoms with Crippen molar-refractivity contribution in [2.24, 2.45) is 23.7 Å². The highest BCUT2D eigenvalue weighted by atomic mass is 16.5. The molecule has 4 nitrogen and oxygen atoms in total. The Balaban J connectivity index is 0.000000180. The van der Waals surface area contributed by atoms with E-state index in [9.17, 15) is 0 Å². The Bertz CT molecular complexity index is 4290. The Kier molecular flexibility index (Phi) is 37.6. The van der Waals surface area contributed by atoms with Crippen molar-refractivity contribution < 1.29 is 18.9 Å². The second kappa shape index (κ2) is 46.8. The maximum Gasteiger partial charge on any atom is 0.135 e. The third-order valence-corrected chi connectivity index (χ3v) is 26.9. The molecule has 4 aliphatic heterocycles. The molecule has 4 heterocycles. The number of ether oxygens (including phenoxy) is 4.